The Morgan fingerprint density at radius 2 is 1.71 bits per heavy atom. The van der Waals surface area contributed by atoms with E-state index in [0.717, 1.165) is 80.8 Å². The minimum absolute atomic E-state index is 0.0925. The van der Waals surface area contributed by atoms with Crippen molar-refractivity contribution in [3.63, 3.8) is 0 Å². The van der Waals surface area contributed by atoms with Crippen LogP contribution < -0.4 is 15.8 Å². The van der Waals surface area contributed by atoms with Crippen molar-refractivity contribution in [1.29, 1.82) is 0 Å². The summed E-state index contributed by atoms with van der Waals surface area (Å²) < 4.78 is 1.94. The van der Waals surface area contributed by atoms with E-state index in [1.54, 1.807) is 0 Å². The van der Waals surface area contributed by atoms with E-state index >= 15 is 0 Å². The van der Waals surface area contributed by atoms with Gasteiger partial charge in [-0.1, -0.05) is 43.7 Å². The Hall–Kier alpha value is -2.74. The average Bonchev–Trinajstić information content (AvgIpc) is 2.96. The molecule has 2 saturated heterocycles. The van der Waals surface area contributed by atoms with E-state index in [4.69, 9.17) is 4.98 Å². The summed E-state index contributed by atoms with van der Waals surface area (Å²) in [5.41, 5.74) is 3.63. The number of nitrogens with zero attached hydrogens (tertiary/aromatic N) is 5. The Kier molecular flexibility index (Phi) is 9.17. The Labute approximate surface area is 246 Å². The van der Waals surface area contributed by atoms with Crippen LogP contribution in [0.2, 0.25) is 0 Å². The fraction of sp³-hybridized carbons (Fsp3) is 0.588. The van der Waals surface area contributed by atoms with Gasteiger partial charge in [0, 0.05) is 62.5 Å². The van der Waals surface area contributed by atoms with Crippen molar-refractivity contribution in [2.75, 3.05) is 51.7 Å². The summed E-state index contributed by atoms with van der Waals surface area (Å²) >= 11 is 0. The van der Waals surface area contributed by atoms with Crippen molar-refractivity contribution in [3.8, 4) is 0 Å². The second-order valence-corrected chi connectivity index (χ2v) is 12.8. The lowest BCUT2D eigenvalue weighted by Crippen LogP contribution is -2.55. The van der Waals surface area contributed by atoms with Gasteiger partial charge in [-0.05, 0) is 77.9 Å². The molecule has 1 N–H and O–H groups in total. The van der Waals surface area contributed by atoms with Crippen molar-refractivity contribution < 1.29 is 0 Å². The summed E-state index contributed by atoms with van der Waals surface area (Å²) in [6.07, 6.45) is 4.23. The van der Waals surface area contributed by atoms with Gasteiger partial charge in [0.1, 0.15) is 5.82 Å². The molecule has 1 unspecified atom stereocenters. The van der Waals surface area contributed by atoms with Gasteiger partial charge in [0.25, 0.3) is 5.56 Å². The number of likely N-dealkylation sites (N-methyl/N-ethyl adjacent to an activating group) is 1. The number of hydrogen-bond acceptors (Lipinski definition) is 6. The van der Waals surface area contributed by atoms with Crippen LogP contribution in [0.25, 0.3) is 10.9 Å². The van der Waals surface area contributed by atoms with E-state index in [9.17, 15) is 4.79 Å². The van der Waals surface area contributed by atoms with Crippen molar-refractivity contribution in [2.45, 2.75) is 83.5 Å². The molecule has 0 saturated carbocycles. The summed E-state index contributed by atoms with van der Waals surface area (Å²) in [6, 6.07) is 18.4. The largest absolute Gasteiger partial charge is 0.371 e. The first-order valence-corrected chi connectivity index (χ1v) is 15.7. The van der Waals surface area contributed by atoms with Gasteiger partial charge in [-0.25, -0.2) is 4.98 Å². The van der Waals surface area contributed by atoms with E-state index in [1.807, 2.05) is 4.57 Å². The van der Waals surface area contributed by atoms with Crippen LogP contribution in [-0.4, -0.2) is 78.3 Å². The molecule has 7 nitrogen and oxygen atoms in total. The maximum atomic E-state index is 14.0. The molecule has 3 aromatic rings. The Bertz CT molecular complexity index is 1350. The zero-order chi connectivity index (χ0) is 29.1. The molecule has 222 valence electrons. The van der Waals surface area contributed by atoms with Gasteiger partial charge in [-0.15, -0.1) is 0 Å². The molecule has 0 bridgehead atoms. The maximum absolute atomic E-state index is 14.0. The van der Waals surface area contributed by atoms with Crippen LogP contribution in [0.5, 0.6) is 0 Å². The van der Waals surface area contributed by atoms with E-state index in [0.29, 0.717) is 18.6 Å². The van der Waals surface area contributed by atoms with Crippen LogP contribution in [0.4, 0.5) is 5.69 Å². The molecule has 0 spiro atoms. The Morgan fingerprint density at radius 1 is 1.02 bits per heavy atom. The fourth-order valence-electron chi connectivity index (χ4n) is 7.48. The van der Waals surface area contributed by atoms with Crippen LogP contribution >= 0.6 is 0 Å². The second kappa shape index (κ2) is 12.6. The maximum Gasteiger partial charge on any atom is 0.261 e. The first-order valence-electron chi connectivity index (χ1n) is 15.7. The van der Waals surface area contributed by atoms with Crippen molar-refractivity contribution in [1.82, 2.24) is 24.7 Å². The predicted octanol–water partition coefficient (Wildman–Crippen LogP) is 5.04. The summed E-state index contributed by atoms with van der Waals surface area (Å²) in [7, 11) is 4.35. The molecule has 2 fully saturated rings. The number of rotatable bonds is 9. The molecule has 0 radical (unpaired) electrons. The highest BCUT2D eigenvalue weighted by Gasteiger charge is 2.37. The van der Waals surface area contributed by atoms with Crippen molar-refractivity contribution in [3.05, 3.63) is 70.3 Å². The number of anilines is 1. The second-order valence-electron chi connectivity index (χ2n) is 12.8. The molecule has 2 aliphatic heterocycles. The molecule has 0 amide bonds. The predicted molar refractivity (Wildman–Crippen MR) is 171 cm³/mol. The van der Waals surface area contributed by atoms with Gasteiger partial charge in [0.05, 0.1) is 16.9 Å². The molecule has 5 rings (SSSR count). The molecular formula is C34H50N6O. The topological polar surface area (TPSA) is 56.6 Å². The van der Waals surface area contributed by atoms with Gasteiger partial charge >= 0.3 is 0 Å². The lowest BCUT2D eigenvalue weighted by atomic mass is 9.72. The van der Waals surface area contributed by atoms with Crippen LogP contribution in [0, 0.1) is 0 Å². The third-order valence-corrected chi connectivity index (χ3v) is 9.26. The highest BCUT2D eigenvalue weighted by Crippen LogP contribution is 2.38. The van der Waals surface area contributed by atoms with Gasteiger partial charge in [0.2, 0.25) is 0 Å². The molecule has 2 aliphatic rings. The number of hydrogen-bond donors (Lipinski definition) is 1. The number of nitrogens with one attached hydrogen (secondary N) is 1. The molecule has 7 heteroatoms. The lowest BCUT2D eigenvalue weighted by Gasteiger charge is -2.44. The average molecular weight is 559 g/mol. The first-order chi connectivity index (χ1) is 19.7. The summed E-state index contributed by atoms with van der Waals surface area (Å²) in [5, 5.41) is 4.39. The number of fused-ring (bicyclic) bond motifs is 1. The van der Waals surface area contributed by atoms with Gasteiger partial charge in [0.15, 0.2) is 0 Å². The smallest absolute Gasteiger partial charge is 0.261 e. The summed E-state index contributed by atoms with van der Waals surface area (Å²) in [6.45, 7) is 14.4. The van der Waals surface area contributed by atoms with Crippen LogP contribution in [0.15, 0.2) is 53.3 Å². The van der Waals surface area contributed by atoms with Crippen LogP contribution in [0.1, 0.15) is 70.8 Å². The molecule has 3 heterocycles. The standard InChI is InChI=1S/C34H50N6O/c1-7-12-31(39-22-25(3)35-26(4)23-39)32-36-30-16-15-28(21-29(30)33(41)40(32)8-2)38-19-17-34(18-20-38,24-37(5)6)27-13-10-9-11-14-27/h9-11,13-16,21,25-26,31,35H,7-8,12,17-20,22-24H2,1-6H3/t25-,26+,31?. The lowest BCUT2D eigenvalue weighted by molar-refractivity contribution is 0.109. The molecule has 0 aliphatic carbocycles. The van der Waals surface area contributed by atoms with Crippen molar-refractivity contribution in [2.24, 2.45) is 0 Å². The highest BCUT2D eigenvalue weighted by molar-refractivity contribution is 5.82. The van der Waals surface area contributed by atoms with Crippen LogP contribution in [0.3, 0.4) is 0 Å². The Morgan fingerprint density at radius 3 is 2.32 bits per heavy atom. The first kappa shape index (κ1) is 29.7. The van der Waals surface area contributed by atoms with Crippen molar-refractivity contribution >= 4 is 16.6 Å². The summed E-state index contributed by atoms with van der Waals surface area (Å²) in [4.78, 5) is 26.6. The minimum Gasteiger partial charge on any atom is -0.371 e. The minimum atomic E-state index is 0.0925. The molecule has 41 heavy (non-hydrogen) atoms. The number of piperazine rings is 1. The zero-order valence-electron chi connectivity index (χ0n) is 26.1. The normalized spacial score (nSPS) is 22.4. The van der Waals surface area contributed by atoms with E-state index in [2.05, 4.69) is 110 Å². The van der Waals surface area contributed by atoms with Gasteiger partial charge in [-0.2, -0.15) is 0 Å². The van der Waals surface area contributed by atoms with Crippen LogP contribution in [-0.2, 0) is 12.0 Å². The third kappa shape index (κ3) is 6.23. The van der Waals surface area contributed by atoms with E-state index in [1.165, 1.54) is 5.56 Å². The Balaban J connectivity index is 1.44. The number of piperidine rings is 1. The fourth-order valence-corrected chi connectivity index (χ4v) is 7.48. The van der Waals surface area contributed by atoms with E-state index in [-0.39, 0.29) is 17.0 Å². The molecule has 2 aromatic carbocycles. The third-order valence-electron chi connectivity index (χ3n) is 9.26. The van der Waals surface area contributed by atoms with Gasteiger partial charge < -0.3 is 15.1 Å². The highest BCUT2D eigenvalue weighted by atomic mass is 16.1. The number of aromatic nitrogens is 2. The van der Waals surface area contributed by atoms with E-state index < -0.39 is 0 Å². The quantitative estimate of drug-likeness (QED) is 0.397. The monoisotopic (exact) mass is 558 g/mol. The number of benzene rings is 2. The molecule has 1 aromatic heterocycles. The molecule has 3 atom stereocenters. The van der Waals surface area contributed by atoms with Gasteiger partial charge in [-0.3, -0.25) is 14.3 Å². The molecular weight excluding hydrogens is 508 g/mol. The SMILES string of the molecule is CCCC(c1nc2ccc(N3CCC(CN(C)C)(c4ccccc4)CC3)cc2c(=O)n1CC)N1C[C@@H](C)N[C@@H](C)C1. The zero-order valence-corrected chi connectivity index (χ0v) is 26.1. The summed E-state index contributed by atoms with van der Waals surface area (Å²) in [5.74, 6) is 0.926.